The molecule has 0 aliphatic heterocycles. The van der Waals surface area contributed by atoms with Crippen LogP contribution in [-0.4, -0.2) is 56.6 Å². The largest absolute Gasteiger partial charge is 0.494 e. The Labute approximate surface area is 213 Å². The molecule has 0 aliphatic carbocycles. The van der Waals surface area contributed by atoms with Crippen LogP contribution in [0, 0.1) is 5.82 Å². The molecule has 2 unspecified atom stereocenters. The quantitative estimate of drug-likeness (QED) is 0.434. The third-order valence-electron chi connectivity index (χ3n) is 5.77. The van der Waals surface area contributed by atoms with E-state index in [1.54, 1.807) is 31.2 Å². The number of anilines is 1. The normalized spacial score (nSPS) is 12.9. The number of amides is 2. The second-order valence-corrected chi connectivity index (χ2v) is 10.5. The zero-order valence-electron chi connectivity index (χ0n) is 21.5. The SMILES string of the molecule is CCOc1ccc(N(CC(=O)N(Cc2ccc(F)cc2)C(CC)C(=O)NC(C)CC)S(C)(=O)=O)cc1. The summed E-state index contributed by atoms with van der Waals surface area (Å²) in [6.45, 7) is 7.41. The molecule has 2 amide bonds. The molecule has 2 aromatic carbocycles. The summed E-state index contributed by atoms with van der Waals surface area (Å²) in [6, 6.07) is 11.1. The van der Waals surface area contributed by atoms with E-state index >= 15 is 0 Å². The number of hydrogen-bond donors (Lipinski definition) is 1. The summed E-state index contributed by atoms with van der Waals surface area (Å²) in [5, 5.41) is 2.91. The Morgan fingerprint density at radius 3 is 2.11 bits per heavy atom. The fourth-order valence-electron chi connectivity index (χ4n) is 3.64. The number of nitrogens with zero attached hydrogens (tertiary/aromatic N) is 2. The van der Waals surface area contributed by atoms with E-state index in [1.807, 2.05) is 20.8 Å². The minimum atomic E-state index is -3.83. The van der Waals surface area contributed by atoms with Crippen LogP contribution in [0.4, 0.5) is 10.1 Å². The highest BCUT2D eigenvalue weighted by Crippen LogP contribution is 2.23. The summed E-state index contributed by atoms with van der Waals surface area (Å²) in [7, 11) is -3.83. The molecule has 0 aromatic heterocycles. The summed E-state index contributed by atoms with van der Waals surface area (Å²) >= 11 is 0. The zero-order valence-corrected chi connectivity index (χ0v) is 22.3. The minimum absolute atomic E-state index is 0.0203. The van der Waals surface area contributed by atoms with Gasteiger partial charge in [0.15, 0.2) is 0 Å². The van der Waals surface area contributed by atoms with Gasteiger partial charge in [0, 0.05) is 12.6 Å². The van der Waals surface area contributed by atoms with Crippen molar-refractivity contribution >= 4 is 27.5 Å². The first-order chi connectivity index (χ1) is 17.0. The second kappa shape index (κ2) is 13.2. The Bertz CT molecular complexity index is 1110. The van der Waals surface area contributed by atoms with Crippen molar-refractivity contribution in [2.45, 2.75) is 59.2 Å². The van der Waals surface area contributed by atoms with Crippen LogP contribution in [-0.2, 0) is 26.2 Å². The van der Waals surface area contributed by atoms with Gasteiger partial charge in [0.25, 0.3) is 0 Å². The van der Waals surface area contributed by atoms with Crippen LogP contribution in [0.1, 0.15) is 46.1 Å². The average molecular weight is 522 g/mol. The Kier molecular flexibility index (Phi) is 10.7. The summed E-state index contributed by atoms with van der Waals surface area (Å²) in [4.78, 5) is 28.0. The molecule has 198 valence electrons. The van der Waals surface area contributed by atoms with E-state index in [0.29, 0.717) is 36.4 Å². The second-order valence-electron chi connectivity index (χ2n) is 8.59. The summed E-state index contributed by atoms with van der Waals surface area (Å²) in [6.07, 6.45) is 2.05. The molecule has 1 N–H and O–H groups in total. The minimum Gasteiger partial charge on any atom is -0.494 e. The molecular weight excluding hydrogens is 485 g/mol. The van der Waals surface area contributed by atoms with Gasteiger partial charge in [0.2, 0.25) is 21.8 Å². The Hall–Kier alpha value is -3.14. The van der Waals surface area contributed by atoms with Gasteiger partial charge in [-0.25, -0.2) is 12.8 Å². The fraction of sp³-hybridized carbons (Fsp3) is 0.462. The van der Waals surface area contributed by atoms with E-state index in [4.69, 9.17) is 4.74 Å². The maximum Gasteiger partial charge on any atom is 0.244 e. The predicted octanol–water partition coefficient (Wildman–Crippen LogP) is 3.71. The molecule has 0 radical (unpaired) electrons. The standard InChI is InChI=1S/C26H36FN3O5S/c1-6-19(4)28-26(32)24(7-2)29(17-20-9-11-21(27)12-10-20)25(31)18-30(36(5,33)34)22-13-15-23(16-14-22)35-8-3/h9-16,19,24H,6-8,17-18H2,1-5H3,(H,28,32). The molecular formula is C26H36FN3O5S. The molecule has 0 saturated heterocycles. The van der Waals surface area contributed by atoms with Crippen molar-refractivity contribution in [1.29, 1.82) is 0 Å². The molecule has 36 heavy (non-hydrogen) atoms. The number of halogens is 1. The van der Waals surface area contributed by atoms with Crippen LogP contribution in [0.3, 0.4) is 0 Å². The third-order valence-corrected chi connectivity index (χ3v) is 6.91. The highest BCUT2D eigenvalue weighted by atomic mass is 32.2. The molecule has 2 aromatic rings. The first-order valence-corrected chi connectivity index (χ1v) is 13.9. The van der Waals surface area contributed by atoms with Crippen molar-refractivity contribution in [1.82, 2.24) is 10.2 Å². The lowest BCUT2D eigenvalue weighted by Gasteiger charge is -2.33. The third kappa shape index (κ3) is 8.22. The first-order valence-electron chi connectivity index (χ1n) is 12.0. The van der Waals surface area contributed by atoms with Crippen molar-refractivity contribution in [2.24, 2.45) is 0 Å². The number of hydrogen-bond acceptors (Lipinski definition) is 5. The Morgan fingerprint density at radius 2 is 1.61 bits per heavy atom. The number of benzene rings is 2. The van der Waals surface area contributed by atoms with E-state index < -0.39 is 34.3 Å². The fourth-order valence-corrected chi connectivity index (χ4v) is 4.49. The molecule has 0 fully saturated rings. The molecule has 0 spiro atoms. The molecule has 0 heterocycles. The van der Waals surface area contributed by atoms with Crippen molar-refractivity contribution in [2.75, 3.05) is 23.7 Å². The number of sulfonamides is 1. The molecule has 2 rings (SSSR count). The molecule has 8 nitrogen and oxygen atoms in total. The summed E-state index contributed by atoms with van der Waals surface area (Å²) in [5.41, 5.74) is 0.916. The van der Waals surface area contributed by atoms with E-state index in [0.717, 1.165) is 10.6 Å². The van der Waals surface area contributed by atoms with Gasteiger partial charge in [0.1, 0.15) is 24.2 Å². The smallest absolute Gasteiger partial charge is 0.244 e. The van der Waals surface area contributed by atoms with Crippen molar-refractivity contribution < 1.29 is 27.1 Å². The van der Waals surface area contributed by atoms with Crippen LogP contribution in [0.15, 0.2) is 48.5 Å². The monoisotopic (exact) mass is 521 g/mol. The van der Waals surface area contributed by atoms with Gasteiger partial charge in [-0.05, 0) is 68.7 Å². The molecule has 10 heteroatoms. The summed E-state index contributed by atoms with van der Waals surface area (Å²) < 4.78 is 45.2. The number of nitrogens with one attached hydrogen (secondary N) is 1. The lowest BCUT2D eigenvalue weighted by atomic mass is 10.1. The Morgan fingerprint density at radius 1 is 1.00 bits per heavy atom. The van der Waals surface area contributed by atoms with E-state index in [-0.39, 0.29) is 18.5 Å². The summed E-state index contributed by atoms with van der Waals surface area (Å²) in [5.74, 6) is -0.720. The number of rotatable bonds is 13. The Balaban J connectivity index is 2.41. The van der Waals surface area contributed by atoms with E-state index in [2.05, 4.69) is 5.32 Å². The molecule has 0 bridgehead atoms. The number of carbonyl (C=O) groups excluding carboxylic acids is 2. The van der Waals surface area contributed by atoms with Gasteiger partial charge in [-0.3, -0.25) is 13.9 Å². The van der Waals surface area contributed by atoms with Crippen LogP contribution in [0.5, 0.6) is 5.75 Å². The van der Waals surface area contributed by atoms with E-state index in [9.17, 15) is 22.4 Å². The number of carbonyl (C=O) groups is 2. The van der Waals surface area contributed by atoms with Crippen LogP contribution < -0.4 is 14.4 Å². The predicted molar refractivity (Wildman–Crippen MR) is 139 cm³/mol. The average Bonchev–Trinajstić information content (AvgIpc) is 2.83. The lowest BCUT2D eigenvalue weighted by Crippen LogP contribution is -2.53. The number of ether oxygens (including phenoxy) is 1. The van der Waals surface area contributed by atoms with Gasteiger partial charge in [0.05, 0.1) is 18.6 Å². The highest BCUT2D eigenvalue weighted by Gasteiger charge is 2.32. The zero-order chi connectivity index (χ0) is 26.9. The van der Waals surface area contributed by atoms with Crippen LogP contribution in [0.25, 0.3) is 0 Å². The van der Waals surface area contributed by atoms with Gasteiger partial charge < -0.3 is 15.0 Å². The van der Waals surface area contributed by atoms with E-state index in [1.165, 1.54) is 29.2 Å². The van der Waals surface area contributed by atoms with Gasteiger partial charge in [-0.15, -0.1) is 0 Å². The van der Waals surface area contributed by atoms with Crippen LogP contribution in [0.2, 0.25) is 0 Å². The highest BCUT2D eigenvalue weighted by molar-refractivity contribution is 7.92. The van der Waals surface area contributed by atoms with Crippen LogP contribution >= 0.6 is 0 Å². The van der Waals surface area contributed by atoms with Crippen molar-refractivity contribution in [3.05, 3.63) is 59.9 Å². The maximum absolute atomic E-state index is 13.6. The maximum atomic E-state index is 13.6. The van der Waals surface area contributed by atoms with Gasteiger partial charge >= 0.3 is 0 Å². The lowest BCUT2D eigenvalue weighted by molar-refractivity contribution is -0.140. The molecule has 0 saturated carbocycles. The van der Waals surface area contributed by atoms with Gasteiger partial charge in [-0.2, -0.15) is 0 Å². The van der Waals surface area contributed by atoms with Crippen molar-refractivity contribution in [3.63, 3.8) is 0 Å². The topological polar surface area (TPSA) is 96.0 Å². The van der Waals surface area contributed by atoms with Gasteiger partial charge in [-0.1, -0.05) is 26.0 Å². The molecule has 2 atom stereocenters. The van der Waals surface area contributed by atoms with Crippen molar-refractivity contribution in [3.8, 4) is 5.75 Å². The molecule has 0 aliphatic rings. The first kappa shape index (κ1) is 29.1.